The van der Waals surface area contributed by atoms with E-state index in [1.54, 1.807) is 5.30 Å². The summed E-state index contributed by atoms with van der Waals surface area (Å²) in [6.07, 6.45) is 4.16. The van der Waals surface area contributed by atoms with Crippen molar-refractivity contribution in [3.63, 3.8) is 0 Å². The van der Waals surface area contributed by atoms with Crippen LogP contribution in [0.15, 0.2) is 24.3 Å². The van der Waals surface area contributed by atoms with Crippen molar-refractivity contribution < 1.29 is 0 Å². The fourth-order valence-corrected chi connectivity index (χ4v) is 4.76. The first-order valence-corrected chi connectivity index (χ1v) is 8.10. The van der Waals surface area contributed by atoms with Crippen molar-refractivity contribution in [3.05, 3.63) is 29.8 Å². The molecule has 0 nitrogen and oxygen atoms in total. The van der Waals surface area contributed by atoms with Gasteiger partial charge in [0.1, 0.15) is 0 Å². The van der Waals surface area contributed by atoms with Crippen molar-refractivity contribution in [2.45, 2.75) is 26.7 Å². The van der Waals surface area contributed by atoms with Crippen LogP contribution in [0.3, 0.4) is 0 Å². The SMILES string of the molecule is CCCCPPc1ccccc1C. The van der Waals surface area contributed by atoms with Gasteiger partial charge < -0.3 is 0 Å². The van der Waals surface area contributed by atoms with E-state index in [2.05, 4.69) is 38.1 Å². The predicted molar refractivity (Wildman–Crippen MR) is 67.2 cm³/mol. The van der Waals surface area contributed by atoms with E-state index in [9.17, 15) is 0 Å². The van der Waals surface area contributed by atoms with Gasteiger partial charge >= 0.3 is 0 Å². The average Bonchev–Trinajstić information content (AvgIpc) is 2.15. The van der Waals surface area contributed by atoms with Gasteiger partial charge in [-0.15, -0.1) is 0 Å². The summed E-state index contributed by atoms with van der Waals surface area (Å²) in [5, 5.41) is 1.57. The van der Waals surface area contributed by atoms with Gasteiger partial charge in [-0.05, 0) is 30.4 Å². The van der Waals surface area contributed by atoms with Crippen LogP contribution >= 0.6 is 16.5 Å². The minimum atomic E-state index is 1.04. The second-order valence-corrected chi connectivity index (χ2v) is 6.67. The van der Waals surface area contributed by atoms with E-state index in [4.69, 9.17) is 0 Å². The summed E-state index contributed by atoms with van der Waals surface area (Å²) in [6.45, 7) is 4.48. The summed E-state index contributed by atoms with van der Waals surface area (Å²) in [5.41, 5.74) is 1.46. The molecule has 0 spiro atoms. The molecule has 0 bridgehead atoms. The molecular formula is C11H18P2. The lowest BCUT2D eigenvalue weighted by Gasteiger charge is -2.04. The number of aryl methyl sites for hydroxylation is 1. The Labute approximate surface area is 85.0 Å². The molecular weight excluding hydrogens is 194 g/mol. The first kappa shape index (κ1) is 11.2. The average molecular weight is 212 g/mol. The van der Waals surface area contributed by atoms with Crippen LogP contribution < -0.4 is 5.30 Å². The second-order valence-electron chi connectivity index (χ2n) is 3.22. The topological polar surface area (TPSA) is 0 Å². The minimum Gasteiger partial charge on any atom is -0.0946 e. The summed E-state index contributed by atoms with van der Waals surface area (Å²) < 4.78 is 0. The standard InChI is InChI=1S/C11H18P2/c1-3-4-9-12-13-11-8-6-5-7-10(11)2/h5-8,12-13H,3-4,9H2,1-2H3. The van der Waals surface area contributed by atoms with Gasteiger partial charge in [-0.1, -0.05) is 54.1 Å². The molecule has 0 saturated heterocycles. The Morgan fingerprint density at radius 1 is 1.23 bits per heavy atom. The first-order valence-electron chi connectivity index (χ1n) is 4.89. The van der Waals surface area contributed by atoms with Gasteiger partial charge in [0.2, 0.25) is 0 Å². The third kappa shape index (κ3) is 4.21. The van der Waals surface area contributed by atoms with E-state index in [1.165, 1.54) is 24.6 Å². The highest BCUT2D eigenvalue weighted by Gasteiger charge is 1.95. The molecule has 1 aromatic carbocycles. The zero-order valence-electron chi connectivity index (χ0n) is 8.43. The quantitative estimate of drug-likeness (QED) is 0.515. The molecule has 0 radical (unpaired) electrons. The molecule has 1 rings (SSSR count). The number of rotatable bonds is 5. The van der Waals surface area contributed by atoms with Gasteiger partial charge in [-0.3, -0.25) is 0 Å². The summed E-state index contributed by atoms with van der Waals surface area (Å²) in [4.78, 5) is 0. The maximum absolute atomic E-state index is 2.27. The van der Waals surface area contributed by atoms with E-state index in [0.29, 0.717) is 0 Å². The normalized spacial score (nSPS) is 12.2. The predicted octanol–water partition coefficient (Wildman–Crippen LogP) is 3.69. The molecule has 0 heterocycles. The minimum absolute atomic E-state index is 1.04. The summed E-state index contributed by atoms with van der Waals surface area (Å²) >= 11 is 0. The maximum Gasteiger partial charge on any atom is -0.0201 e. The number of hydrogen-bond donors (Lipinski definition) is 0. The van der Waals surface area contributed by atoms with Crippen LogP contribution in [0, 0.1) is 6.92 Å². The monoisotopic (exact) mass is 212 g/mol. The highest BCUT2D eigenvalue weighted by molar-refractivity contribution is 8.15. The molecule has 0 saturated carbocycles. The van der Waals surface area contributed by atoms with Crippen LogP contribution in [0.25, 0.3) is 0 Å². The fraction of sp³-hybridized carbons (Fsp3) is 0.455. The smallest absolute Gasteiger partial charge is 0.0201 e. The highest BCUT2D eigenvalue weighted by Crippen LogP contribution is 2.37. The van der Waals surface area contributed by atoms with E-state index >= 15 is 0 Å². The molecule has 2 heteroatoms. The largest absolute Gasteiger partial charge is 0.0946 e. The molecule has 0 aliphatic rings. The van der Waals surface area contributed by atoms with Crippen molar-refractivity contribution in [1.29, 1.82) is 0 Å². The molecule has 0 fully saturated rings. The van der Waals surface area contributed by atoms with Gasteiger partial charge in [0.15, 0.2) is 0 Å². The van der Waals surface area contributed by atoms with Crippen LogP contribution in [0.2, 0.25) is 0 Å². The van der Waals surface area contributed by atoms with Crippen LogP contribution in [0.1, 0.15) is 25.3 Å². The number of hydrogen-bond acceptors (Lipinski definition) is 0. The zero-order valence-corrected chi connectivity index (χ0v) is 10.4. The van der Waals surface area contributed by atoms with E-state index in [-0.39, 0.29) is 0 Å². The highest BCUT2D eigenvalue weighted by atomic mass is 32.0. The van der Waals surface area contributed by atoms with Gasteiger partial charge in [0.25, 0.3) is 0 Å². The molecule has 1 aromatic rings. The third-order valence-electron chi connectivity index (χ3n) is 2.02. The third-order valence-corrected chi connectivity index (χ3v) is 5.72. The summed E-state index contributed by atoms with van der Waals surface area (Å²) in [5.74, 6) is 0. The fourth-order valence-electron chi connectivity index (χ4n) is 1.14. The van der Waals surface area contributed by atoms with Gasteiger partial charge in [-0.25, -0.2) is 0 Å². The Morgan fingerprint density at radius 3 is 2.69 bits per heavy atom. The summed E-state index contributed by atoms with van der Waals surface area (Å²) in [6, 6.07) is 8.76. The molecule has 0 aliphatic carbocycles. The van der Waals surface area contributed by atoms with Crippen molar-refractivity contribution >= 4 is 21.8 Å². The Morgan fingerprint density at radius 2 is 2.00 bits per heavy atom. The Balaban J connectivity index is 2.32. The van der Waals surface area contributed by atoms with Crippen molar-refractivity contribution in [3.8, 4) is 0 Å². The molecule has 2 atom stereocenters. The van der Waals surface area contributed by atoms with Crippen LogP contribution in [-0.4, -0.2) is 6.16 Å². The lowest BCUT2D eigenvalue weighted by atomic mass is 10.2. The van der Waals surface area contributed by atoms with E-state index < -0.39 is 0 Å². The van der Waals surface area contributed by atoms with Gasteiger partial charge in [0.05, 0.1) is 0 Å². The Hall–Kier alpha value is 0.0800. The second kappa shape index (κ2) is 6.52. The maximum atomic E-state index is 2.27. The van der Waals surface area contributed by atoms with Crippen molar-refractivity contribution in [2.24, 2.45) is 0 Å². The molecule has 0 amide bonds. The molecule has 0 N–H and O–H groups in total. The lowest BCUT2D eigenvalue weighted by molar-refractivity contribution is 0.896. The molecule has 13 heavy (non-hydrogen) atoms. The van der Waals surface area contributed by atoms with Crippen LogP contribution in [0.4, 0.5) is 0 Å². The number of unbranched alkanes of at least 4 members (excludes halogenated alkanes) is 1. The van der Waals surface area contributed by atoms with Crippen molar-refractivity contribution in [1.82, 2.24) is 0 Å². The zero-order chi connectivity index (χ0) is 9.52. The van der Waals surface area contributed by atoms with Gasteiger partial charge in [0, 0.05) is 0 Å². The van der Waals surface area contributed by atoms with Crippen molar-refractivity contribution in [2.75, 3.05) is 6.16 Å². The number of benzene rings is 1. The molecule has 2 unspecified atom stereocenters. The first-order chi connectivity index (χ1) is 6.34. The molecule has 0 aliphatic heterocycles. The summed E-state index contributed by atoms with van der Waals surface area (Å²) in [7, 11) is 2.18. The Kier molecular flexibility index (Phi) is 5.60. The van der Waals surface area contributed by atoms with Gasteiger partial charge in [-0.2, -0.15) is 0 Å². The molecule has 0 aromatic heterocycles. The van der Waals surface area contributed by atoms with E-state index in [0.717, 1.165) is 16.5 Å². The van der Waals surface area contributed by atoms with Crippen LogP contribution in [-0.2, 0) is 0 Å². The Bertz CT molecular complexity index is 246. The molecule has 72 valence electrons. The van der Waals surface area contributed by atoms with Crippen LogP contribution in [0.5, 0.6) is 0 Å². The lowest BCUT2D eigenvalue weighted by Crippen LogP contribution is -1.96. The van der Waals surface area contributed by atoms with E-state index in [1.807, 2.05) is 0 Å².